The molecule has 0 unspecified atom stereocenters. The number of amides is 1. The number of carbonyl (C=O) groups is 1. The molecule has 0 spiro atoms. The average molecular weight is 341 g/mol. The highest BCUT2D eigenvalue weighted by Crippen LogP contribution is 2.19. The van der Waals surface area contributed by atoms with Gasteiger partial charge in [-0.25, -0.2) is 4.98 Å². The largest absolute Gasteiger partial charge is 0.444 e. The second kappa shape index (κ2) is 8.30. The lowest BCUT2D eigenvalue weighted by Crippen LogP contribution is -2.40. The molecule has 1 aromatic heterocycles. The van der Waals surface area contributed by atoms with Gasteiger partial charge in [0.15, 0.2) is 0 Å². The quantitative estimate of drug-likeness (QED) is 0.777. The number of hydrogen-bond donors (Lipinski definition) is 0. The Balaban J connectivity index is 1.48. The maximum Gasteiger partial charge on any atom is 0.220 e. The predicted molar refractivity (Wildman–Crippen MR) is 97.1 cm³/mol. The van der Waals surface area contributed by atoms with Crippen LogP contribution in [0, 0.1) is 6.92 Å². The molecule has 5 nitrogen and oxygen atoms in total. The van der Waals surface area contributed by atoms with Gasteiger partial charge in [-0.1, -0.05) is 30.3 Å². The number of aryl methyl sites for hydroxylation is 2. The van der Waals surface area contributed by atoms with Gasteiger partial charge in [-0.15, -0.1) is 0 Å². The summed E-state index contributed by atoms with van der Waals surface area (Å²) < 4.78 is 5.55. The van der Waals surface area contributed by atoms with E-state index in [1.165, 1.54) is 5.56 Å². The normalized spacial score (nSPS) is 17.8. The Labute approximate surface area is 149 Å². The monoisotopic (exact) mass is 341 g/mol. The van der Waals surface area contributed by atoms with Crippen LogP contribution in [0.15, 0.2) is 40.9 Å². The maximum absolute atomic E-state index is 12.1. The summed E-state index contributed by atoms with van der Waals surface area (Å²) in [5.41, 5.74) is 1.39. The van der Waals surface area contributed by atoms with E-state index < -0.39 is 0 Å². The van der Waals surface area contributed by atoms with Crippen molar-refractivity contribution >= 4 is 5.91 Å². The van der Waals surface area contributed by atoms with Crippen molar-refractivity contribution in [2.24, 2.45) is 0 Å². The molecule has 2 heterocycles. The molecular formula is C20H27N3O2. The van der Waals surface area contributed by atoms with Gasteiger partial charge in [-0.05, 0) is 38.3 Å². The molecule has 134 valence electrons. The summed E-state index contributed by atoms with van der Waals surface area (Å²) in [7, 11) is 0. The zero-order chi connectivity index (χ0) is 17.6. The Hall–Kier alpha value is -2.14. The first kappa shape index (κ1) is 17.7. The second-order valence-corrected chi connectivity index (χ2v) is 6.84. The molecule has 0 N–H and O–H groups in total. The lowest BCUT2D eigenvalue weighted by Gasteiger charge is -2.27. The van der Waals surface area contributed by atoms with Crippen molar-refractivity contribution in [3.8, 4) is 0 Å². The molecule has 1 saturated heterocycles. The SMILES string of the molecule is CC(=O)N(Cc1ncc(C)o1)[C@@H]1CCN(CCCc2ccccc2)C1. The zero-order valence-corrected chi connectivity index (χ0v) is 15.1. The van der Waals surface area contributed by atoms with Crippen LogP contribution in [-0.4, -0.2) is 46.4 Å². The summed E-state index contributed by atoms with van der Waals surface area (Å²) >= 11 is 0. The first-order chi connectivity index (χ1) is 12.1. The van der Waals surface area contributed by atoms with Gasteiger partial charge in [0.25, 0.3) is 0 Å². The van der Waals surface area contributed by atoms with Crippen LogP contribution in [0.1, 0.15) is 37.0 Å². The summed E-state index contributed by atoms with van der Waals surface area (Å²) in [6.45, 7) is 7.04. The predicted octanol–water partition coefficient (Wildman–Crippen LogP) is 3.04. The molecule has 0 aliphatic carbocycles. The number of rotatable bonds is 7. The number of oxazole rings is 1. The summed E-state index contributed by atoms with van der Waals surface area (Å²) in [5.74, 6) is 1.50. The van der Waals surface area contributed by atoms with E-state index in [1.54, 1.807) is 13.1 Å². The summed E-state index contributed by atoms with van der Waals surface area (Å²) in [6.07, 6.45) is 4.98. The molecule has 3 rings (SSSR count). The minimum absolute atomic E-state index is 0.0898. The van der Waals surface area contributed by atoms with Gasteiger partial charge in [0, 0.05) is 26.1 Å². The van der Waals surface area contributed by atoms with Crippen LogP contribution in [-0.2, 0) is 17.8 Å². The van der Waals surface area contributed by atoms with Crippen molar-refractivity contribution in [2.45, 2.75) is 45.7 Å². The van der Waals surface area contributed by atoms with Crippen LogP contribution in [0.3, 0.4) is 0 Å². The van der Waals surface area contributed by atoms with Crippen molar-refractivity contribution in [1.29, 1.82) is 0 Å². The highest BCUT2D eigenvalue weighted by atomic mass is 16.4. The number of nitrogens with zero attached hydrogens (tertiary/aromatic N) is 3. The first-order valence-electron chi connectivity index (χ1n) is 9.06. The lowest BCUT2D eigenvalue weighted by atomic mass is 10.1. The number of carbonyl (C=O) groups excluding carboxylic acids is 1. The van der Waals surface area contributed by atoms with E-state index in [-0.39, 0.29) is 11.9 Å². The molecule has 0 saturated carbocycles. The number of likely N-dealkylation sites (tertiary alicyclic amines) is 1. The minimum atomic E-state index is 0.0898. The van der Waals surface area contributed by atoms with E-state index in [9.17, 15) is 4.79 Å². The summed E-state index contributed by atoms with van der Waals surface area (Å²) in [5, 5.41) is 0. The molecule has 0 bridgehead atoms. The fraction of sp³-hybridized carbons (Fsp3) is 0.500. The van der Waals surface area contributed by atoms with Crippen LogP contribution in [0.25, 0.3) is 0 Å². The first-order valence-corrected chi connectivity index (χ1v) is 9.06. The molecule has 25 heavy (non-hydrogen) atoms. The molecule has 1 amide bonds. The van der Waals surface area contributed by atoms with E-state index in [2.05, 4.69) is 40.2 Å². The van der Waals surface area contributed by atoms with E-state index in [0.717, 1.165) is 44.7 Å². The van der Waals surface area contributed by atoms with E-state index in [1.807, 2.05) is 11.8 Å². The van der Waals surface area contributed by atoms with Gasteiger partial charge >= 0.3 is 0 Å². The van der Waals surface area contributed by atoms with Gasteiger partial charge in [0.2, 0.25) is 11.8 Å². The fourth-order valence-electron chi connectivity index (χ4n) is 3.54. The third-order valence-corrected chi connectivity index (χ3v) is 4.85. The highest BCUT2D eigenvalue weighted by Gasteiger charge is 2.29. The minimum Gasteiger partial charge on any atom is -0.444 e. The topological polar surface area (TPSA) is 49.6 Å². The van der Waals surface area contributed by atoms with Crippen LogP contribution in [0.2, 0.25) is 0 Å². The van der Waals surface area contributed by atoms with Gasteiger partial charge in [-0.3, -0.25) is 4.79 Å². The van der Waals surface area contributed by atoms with Gasteiger partial charge in [-0.2, -0.15) is 0 Å². The lowest BCUT2D eigenvalue weighted by molar-refractivity contribution is -0.132. The Morgan fingerprint density at radius 3 is 2.84 bits per heavy atom. The maximum atomic E-state index is 12.1. The molecule has 1 aromatic carbocycles. The smallest absolute Gasteiger partial charge is 0.220 e. The van der Waals surface area contributed by atoms with Crippen molar-refractivity contribution < 1.29 is 9.21 Å². The standard InChI is InChI=1S/C20H27N3O2/c1-16-13-21-20(25-16)15-23(17(2)24)19-10-12-22(14-19)11-6-9-18-7-4-3-5-8-18/h3-5,7-8,13,19H,6,9-12,14-15H2,1-2H3/t19-/m1/s1. The summed E-state index contributed by atoms with van der Waals surface area (Å²) in [4.78, 5) is 20.7. The second-order valence-electron chi connectivity index (χ2n) is 6.84. The number of hydrogen-bond acceptors (Lipinski definition) is 4. The van der Waals surface area contributed by atoms with Crippen molar-refractivity contribution in [3.05, 3.63) is 53.7 Å². The third kappa shape index (κ3) is 4.92. The summed E-state index contributed by atoms with van der Waals surface area (Å²) in [6, 6.07) is 10.9. The number of benzene rings is 1. The molecule has 2 aromatic rings. The van der Waals surface area contributed by atoms with Crippen LogP contribution >= 0.6 is 0 Å². The Kier molecular flexibility index (Phi) is 5.87. The average Bonchev–Trinajstić information content (AvgIpc) is 3.22. The van der Waals surface area contributed by atoms with Crippen molar-refractivity contribution in [1.82, 2.24) is 14.8 Å². The molecular weight excluding hydrogens is 314 g/mol. The van der Waals surface area contributed by atoms with Crippen LogP contribution < -0.4 is 0 Å². The van der Waals surface area contributed by atoms with Gasteiger partial charge in [0.05, 0.1) is 12.7 Å². The highest BCUT2D eigenvalue weighted by molar-refractivity contribution is 5.73. The molecule has 1 fully saturated rings. The molecule has 5 heteroatoms. The van der Waals surface area contributed by atoms with Crippen molar-refractivity contribution in [3.63, 3.8) is 0 Å². The molecule has 1 aliphatic rings. The van der Waals surface area contributed by atoms with E-state index in [4.69, 9.17) is 4.42 Å². The number of aromatic nitrogens is 1. The third-order valence-electron chi connectivity index (χ3n) is 4.85. The zero-order valence-electron chi connectivity index (χ0n) is 15.1. The van der Waals surface area contributed by atoms with Crippen LogP contribution in [0.5, 0.6) is 0 Å². The molecule has 1 aliphatic heterocycles. The Morgan fingerprint density at radius 2 is 2.16 bits per heavy atom. The molecule has 0 radical (unpaired) electrons. The van der Waals surface area contributed by atoms with Gasteiger partial charge in [0.1, 0.15) is 5.76 Å². The van der Waals surface area contributed by atoms with Crippen molar-refractivity contribution in [2.75, 3.05) is 19.6 Å². The fourth-order valence-corrected chi connectivity index (χ4v) is 3.54. The Morgan fingerprint density at radius 1 is 1.36 bits per heavy atom. The Bertz CT molecular complexity index is 683. The van der Waals surface area contributed by atoms with Gasteiger partial charge < -0.3 is 14.2 Å². The van der Waals surface area contributed by atoms with E-state index in [0.29, 0.717) is 12.4 Å². The molecule has 1 atom stereocenters. The van der Waals surface area contributed by atoms with E-state index >= 15 is 0 Å². The van der Waals surface area contributed by atoms with Crippen LogP contribution in [0.4, 0.5) is 0 Å².